The topological polar surface area (TPSA) is 68.2 Å². The highest BCUT2D eigenvalue weighted by Gasteiger charge is 2.43. The Morgan fingerprint density at radius 2 is 1.81 bits per heavy atom. The van der Waals surface area contributed by atoms with E-state index in [2.05, 4.69) is 10.3 Å². The molecule has 0 aliphatic carbocycles. The summed E-state index contributed by atoms with van der Waals surface area (Å²) in [4.78, 5) is 33.8. The molecule has 1 aromatic carbocycles. The van der Waals surface area contributed by atoms with Gasteiger partial charge in [0, 0.05) is 64.4 Å². The fraction of sp³-hybridized carbons (Fsp3) is 0.560. The van der Waals surface area contributed by atoms with Gasteiger partial charge in [0.1, 0.15) is 11.9 Å². The van der Waals surface area contributed by atoms with Crippen LogP contribution in [0.4, 0.5) is 13.2 Å². The van der Waals surface area contributed by atoms with Crippen LogP contribution in [0.15, 0.2) is 35.1 Å². The first kappa shape index (κ1) is 27.6. The molecule has 0 radical (unpaired) electrons. The number of benzene rings is 1. The van der Waals surface area contributed by atoms with E-state index in [1.165, 1.54) is 14.0 Å². The molecule has 0 spiro atoms. The van der Waals surface area contributed by atoms with Crippen molar-refractivity contribution in [1.29, 1.82) is 0 Å². The van der Waals surface area contributed by atoms with Crippen LogP contribution < -0.4 is 5.32 Å². The molecular weight excluding hydrogens is 530 g/mol. The quantitative estimate of drug-likeness (QED) is 0.589. The molecule has 202 valence electrons. The first-order chi connectivity index (χ1) is 17.4. The average Bonchev–Trinajstić information content (AvgIpc) is 3.28. The van der Waals surface area contributed by atoms with Gasteiger partial charge in [-0.15, -0.1) is 0 Å². The highest BCUT2D eigenvalue weighted by Crippen LogP contribution is 2.37. The Morgan fingerprint density at radius 3 is 2.43 bits per heavy atom. The lowest BCUT2D eigenvalue weighted by atomic mass is 9.89. The summed E-state index contributed by atoms with van der Waals surface area (Å²) in [5.74, 6) is -0.127. The van der Waals surface area contributed by atoms with Crippen LogP contribution in [0, 0.1) is 11.8 Å². The molecular formula is C25H30Cl2F3N5O2. The van der Waals surface area contributed by atoms with E-state index in [0.717, 1.165) is 22.9 Å². The van der Waals surface area contributed by atoms with Crippen molar-refractivity contribution in [3.8, 4) is 0 Å². The predicted octanol–water partition coefficient (Wildman–Crippen LogP) is 4.13. The molecule has 2 amide bonds. The Bertz CT molecular complexity index is 1090. The predicted molar refractivity (Wildman–Crippen MR) is 136 cm³/mol. The SMILES string of the molecule is CC(=O)N1CCC(C(=O)N2C[C@H](CNC3=CC(C(F)(F)F)N(C)C=N3)[C@@H](c3ccc(Cl)c(Cl)c3)C2)CC1. The smallest absolute Gasteiger partial charge is 0.370 e. The number of nitrogens with one attached hydrogen (secondary N) is 1. The van der Waals surface area contributed by atoms with Gasteiger partial charge in [-0.3, -0.25) is 9.59 Å². The molecule has 1 N–H and O–H groups in total. The summed E-state index contributed by atoms with van der Waals surface area (Å²) in [6, 6.07) is 3.61. The van der Waals surface area contributed by atoms with E-state index in [0.29, 0.717) is 55.6 Å². The normalized spacial score (nSPS) is 24.9. The van der Waals surface area contributed by atoms with Gasteiger partial charge in [0.2, 0.25) is 11.8 Å². The Morgan fingerprint density at radius 1 is 1.11 bits per heavy atom. The Kier molecular flexibility index (Phi) is 8.28. The lowest BCUT2D eigenvalue weighted by Crippen LogP contribution is -2.44. The van der Waals surface area contributed by atoms with Crippen LogP contribution in [-0.4, -0.2) is 84.8 Å². The number of hydrogen-bond acceptors (Lipinski definition) is 5. The van der Waals surface area contributed by atoms with Crippen molar-refractivity contribution >= 4 is 41.4 Å². The maximum atomic E-state index is 13.4. The summed E-state index contributed by atoms with van der Waals surface area (Å²) < 4.78 is 40.1. The summed E-state index contributed by atoms with van der Waals surface area (Å²) in [6.45, 7) is 3.89. The van der Waals surface area contributed by atoms with Crippen molar-refractivity contribution in [2.45, 2.75) is 37.9 Å². The molecule has 2 saturated heterocycles. The summed E-state index contributed by atoms with van der Waals surface area (Å²) >= 11 is 12.4. The van der Waals surface area contributed by atoms with E-state index >= 15 is 0 Å². The molecule has 3 atom stereocenters. The number of alkyl halides is 3. The van der Waals surface area contributed by atoms with Crippen LogP contribution in [0.25, 0.3) is 0 Å². The zero-order valence-electron chi connectivity index (χ0n) is 20.6. The van der Waals surface area contributed by atoms with Gasteiger partial charge < -0.3 is 20.0 Å². The summed E-state index contributed by atoms with van der Waals surface area (Å²) in [7, 11) is 1.33. The van der Waals surface area contributed by atoms with E-state index in [1.54, 1.807) is 17.0 Å². The molecule has 3 heterocycles. The molecule has 2 fully saturated rings. The molecule has 7 nitrogen and oxygen atoms in total. The first-order valence-corrected chi connectivity index (χ1v) is 13.0. The fourth-order valence-corrected chi connectivity index (χ4v) is 5.59. The van der Waals surface area contributed by atoms with Gasteiger partial charge in [0.25, 0.3) is 0 Å². The third kappa shape index (κ3) is 6.34. The summed E-state index contributed by atoms with van der Waals surface area (Å²) in [5.41, 5.74) is 0.914. The maximum absolute atomic E-state index is 13.4. The van der Waals surface area contributed by atoms with Gasteiger partial charge >= 0.3 is 6.18 Å². The zero-order valence-corrected chi connectivity index (χ0v) is 22.2. The molecule has 0 saturated carbocycles. The average molecular weight is 560 g/mol. The number of rotatable bonds is 5. The van der Waals surface area contributed by atoms with Gasteiger partial charge in [0.15, 0.2) is 0 Å². The van der Waals surface area contributed by atoms with Crippen LogP contribution in [-0.2, 0) is 9.59 Å². The van der Waals surface area contributed by atoms with Crippen LogP contribution in [0.5, 0.6) is 0 Å². The van der Waals surface area contributed by atoms with Crippen molar-refractivity contribution in [2.75, 3.05) is 39.8 Å². The van der Waals surface area contributed by atoms with Crippen LogP contribution in [0.2, 0.25) is 10.0 Å². The number of halogens is 5. The zero-order chi connectivity index (χ0) is 26.9. The van der Waals surface area contributed by atoms with E-state index in [4.69, 9.17) is 23.2 Å². The highest BCUT2D eigenvalue weighted by molar-refractivity contribution is 6.42. The van der Waals surface area contributed by atoms with E-state index < -0.39 is 12.2 Å². The van der Waals surface area contributed by atoms with Gasteiger partial charge in [-0.2, -0.15) is 13.2 Å². The largest absolute Gasteiger partial charge is 0.412 e. The van der Waals surface area contributed by atoms with Crippen molar-refractivity contribution in [3.63, 3.8) is 0 Å². The molecule has 37 heavy (non-hydrogen) atoms. The fourth-order valence-electron chi connectivity index (χ4n) is 5.28. The Labute approximate surface area is 224 Å². The molecule has 3 aliphatic heterocycles. The third-order valence-corrected chi connectivity index (χ3v) is 8.17. The number of likely N-dealkylation sites (tertiary alicyclic amines) is 2. The molecule has 1 aromatic rings. The van der Waals surface area contributed by atoms with Gasteiger partial charge in [0.05, 0.1) is 16.4 Å². The highest BCUT2D eigenvalue weighted by atomic mass is 35.5. The molecule has 12 heteroatoms. The Balaban J connectivity index is 1.49. The monoisotopic (exact) mass is 559 g/mol. The van der Waals surface area contributed by atoms with Crippen LogP contribution >= 0.6 is 23.2 Å². The number of piperidine rings is 1. The maximum Gasteiger partial charge on any atom is 0.412 e. The number of carbonyl (C=O) groups excluding carboxylic acids is 2. The molecule has 0 bridgehead atoms. The van der Waals surface area contributed by atoms with E-state index in [1.807, 2.05) is 11.0 Å². The van der Waals surface area contributed by atoms with Crippen molar-refractivity contribution in [3.05, 3.63) is 45.7 Å². The second kappa shape index (κ2) is 11.1. The van der Waals surface area contributed by atoms with Crippen LogP contribution in [0.1, 0.15) is 31.2 Å². The number of hydrogen-bond donors (Lipinski definition) is 1. The van der Waals surface area contributed by atoms with E-state index in [-0.39, 0.29) is 35.4 Å². The number of aliphatic imine (C=N–C) groups is 1. The van der Waals surface area contributed by atoms with Gasteiger partial charge in [-0.1, -0.05) is 29.3 Å². The molecule has 1 unspecified atom stereocenters. The third-order valence-electron chi connectivity index (χ3n) is 7.43. The number of amides is 2. The lowest BCUT2D eigenvalue weighted by Gasteiger charge is -2.32. The van der Waals surface area contributed by atoms with Crippen LogP contribution in [0.3, 0.4) is 0 Å². The van der Waals surface area contributed by atoms with Crippen molar-refractivity contribution < 1.29 is 22.8 Å². The molecule has 0 aromatic heterocycles. The number of likely N-dealkylation sites (N-methyl/N-ethyl adjacent to an activating group) is 1. The van der Waals surface area contributed by atoms with E-state index in [9.17, 15) is 22.8 Å². The molecule has 4 rings (SSSR count). The lowest BCUT2D eigenvalue weighted by molar-refractivity contribution is -0.158. The minimum atomic E-state index is -4.43. The summed E-state index contributed by atoms with van der Waals surface area (Å²) in [5, 5.41) is 3.89. The van der Waals surface area contributed by atoms with Gasteiger partial charge in [-0.05, 0) is 36.6 Å². The van der Waals surface area contributed by atoms with Crippen molar-refractivity contribution in [2.24, 2.45) is 16.8 Å². The minimum absolute atomic E-state index is 0.0107. The van der Waals surface area contributed by atoms with Crippen molar-refractivity contribution in [1.82, 2.24) is 20.0 Å². The minimum Gasteiger partial charge on any atom is -0.370 e. The first-order valence-electron chi connectivity index (χ1n) is 12.2. The van der Waals surface area contributed by atoms with Gasteiger partial charge in [-0.25, -0.2) is 4.99 Å². The molecule has 3 aliphatic rings. The standard InChI is InChI=1S/C25H30Cl2F3N5O2/c1-15(36)34-7-5-16(6-8-34)24(37)35-12-18(19(13-35)17-3-4-20(26)21(27)9-17)11-31-23-10-22(25(28,29)30)33(2)14-32-23/h3-4,9-10,14,16,18-19,22,31H,5-8,11-13H2,1-2H3/t18-,19+,22?/m0/s1. The second-order valence-electron chi connectivity index (χ2n) is 9.89. The number of nitrogens with zero attached hydrogens (tertiary/aromatic N) is 4. The second-order valence-corrected chi connectivity index (χ2v) is 10.7. The number of carbonyl (C=O) groups is 2. The summed E-state index contributed by atoms with van der Waals surface area (Å²) in [6.07, 6.45) is -0.971. The Hall–Kier alpha value is -2.46.